The monoisotopic (exact) mass is 370 g/mol. The van der Waals surface area contributed by atoms with E-state index in [0.717, 1.165) is 31.2 Å². The molecule has 2 aromatic rings. The smallest absolute Gasteiger partial charge is 0.170 e. The number of ketones is 1. The lowest BCUT2D eigenvalue weighted by molar-refractivity contribution is 0.0864. The van der Waals surface area contributed by atoms with Gasteiger partial charge in [0, 0.05) is 5.92 Å². The fourth-order valence-electron chi connectivity index (χ4n) is 3.99. The first-order chi connectivity index (χ1) is 13.1. The second-order valence-corrected chi connectivity index (χ2v) is 6.86. The van der Waals surface area contributed by atoms with Crippen LogP contribution in [-0.4, -0.2) is 32.2 Å². The van der Waals surface area contributed by atoms with Crippen molar-refractivity contribution in [2.75, 3.05) is 21.3 Å². The van der Waals surface area contributed by atoms with E-state index in [0.29, 0.717) is 22.8 Å². The number of ether oxygens (including phenoxy) is 3. The Kier molecular flexibility index (Phi) is 5.89. The zero-order valence-corrected chi connectivity index (χ0v) is 16.0. The number of phenols is 1. The molecule has 27 heavy (non-hydrogen) atoms. The highest BCUT2D eigenvalue weighted by molar-refractivity contribution is 6.01. The minimum atomic E-state index is -0.160. The van der Waals surface area contributed by atoms with Crippen LogP contribution in [0.4, 0.5) is 0 Å². The standard InChI is InChI=1S/C22H26O5/c1-25-15-9-11-20(26-2)18(13-15)22(24)17-7-5-4-6-16(17)14-8-10-21(27-3)19(23)12-14/h8-13,16-17,23H,4-7H2,1-3H3. The lowest BCUT2D eigenvalue weighted by Gasteiger charge is -2.31. The molecule has 5 nitrogen and oxygen atoms in total. The van der Waals surface area contributed by atoms with Crippen LogP contribution in [0, 0.1) is 5.92 Å². The molecule has 3 rings (SSSR count). The number of carbonyl (C=O) groups excluding carboxylic acids is 1. The van der Waals surface area contributed by atoms with Gasteiger partial charge in [-0.1, -0.05) is 18.9 Å². The summed E-state index contributed by atoms with van der Waals surface area (Å²) in [5, 5.41) is 10.2. The summed E-state index contributed by atoms with van der Waals surface area (Å²) in [6.45, 7) is 0. The van der Waals surface area contributed by atoms with Crippen molar-refractivity contribution in [3.8, 4) is 23.0 Å². The van der Waals surface area contributed by atoms with Crippen molar-refractivity contribution in [3.63, 3.8) is 0 Å². The second-order valence-electron chi connectivity index (χ2n) is 6.86. The van der Waals surface area contributed by atoms with Crippen molar-refractivity contribution in [3.05, 3.63) is 47.5 Å². The predicted octanol–water partition coefficient (Wildman–Crippen LogP) is 4.57. The van der Waals surface area contributed by atoms with Gasteiger partial charge in [-0.2, -0.15) is 0 Å². The van der Waals surface area contributed by atoms with E-state index in [-0.39, 0.29) is 23.4 Å². The first kappa shape index (κ1) is 19.1. The van der Waals surface area contributed by atoms with Crippen LogP contribution in [0.5, 0.6) is 23.0 Å². The summed E-state index contributed by atoms with van der Waals surface area (Å²) >= 11 is 0. The molecule has 1 aliphatic rings. The first-order valence-corrected chi connectivity index (χ1v) is 9.22. The van der Waals surface area contributed by atoms with Crippen LogP contribution in [0.15, 0.2) is 36.4 Å². The van der Waals surface area contributed by atoms with Crippen LogP contribution < -0.4 is 14.2 Å². The summed E-state index contributed by atoms with van der Waals surface area (Å²) in [5.41, 5.74) is 1.51. The molecule has 2 unspecified atom stereocenters. The van der Waals surface area contributed by atoms with E-state index in [9.17, 15) is 9.90 Å². The molecule has 1 aliphatic carbocycles. The minimum Gasteiger partial charge on any atom is -0.504 e. The van der Waals surface area contributed by atoms with E-state index < -0.39 is 0 Å². The van der Waals surface area contributed by atoms with Gasteiger partial charge in [0.1, 0.15) is 11.5 Å². The van der Waals surface area contributed by atoms with Gasteiger partial charge in [-0.3, -0.25) is 4.79 Å². The Labute approximate surface area is 159 Å². The molecule has 2 atom stereocenters. The molecule has 0 aromatic heterocycles. The Hall–Kier alpha value is -2.69. The Morgan fingerprint density at radius 2 is 1.63 bits per heavy atom. The van der Waals surface area contributed by atoms with Crippen molar-refractivity contribution < 1.29 is 24.1 Å². The van der Waals surface area contributed by atoms with Gasteiger partial charge in [0.25, 0.3) is 0 Å². The molecular formula is C22H26O5. The molecule has 1 fully saturated rings. The lowest BCUT2D eigenvalue weighted by Crippen LogP contribution is -2.26. The molecule has 144 valence electrons. The van der Waals surface area contributed by atoms with Gasteiger partial charge in [0.15, 0.2) is 17.3 Å². The summed E-state index contributed by atoms with van der Waals surface area (Å²) in [6.07, 6.45) is 3.81. The predicted molar refractivity (Wildman–Crippen MR) is 103 cm³/mol. The number of carbonyl (C=O) groups is 1. The maximum absolute atomic E-state index is 13.4. The normalized spacial score (nSPS) is 19.4. The van der Waals surface area contributed by atoms with Crippen LogP contribution in [0.1, 0.15) is 47.5 Å². The Morgan fingerprint density at radius 1 is 0.926 bits per heavy atom. The molecule has 0 heterocycles. The fourth-order valence-corrected chi connectivity index (χ4v) is 3.99. The highest BCUT2D eigenvalue weighted by atomic mass is 16.5. The average molecular weight is 370 g/mol. The van der Waals surface area contributed by atoms with Gasteiger partial charge >= 0.3 is 0 Å². The second kappa shape index (κ2) is 8.33. The number of hydrogen-bond acceptors (Lipinski definition) is 5. The lowest BCUT2D eigenvalue weighted by atomic mass is 9.72. The quantitative estimate of drug-likeness (QED) is 0.754. The minimum absolute atomic E-state index is 0.0546. The molecular weight excluding hydrogens is 344 g/mol. The number of rotatable bonds is 6. The highest BCUT2D eigenvalue weighted by Gasteiger charge is 2.34. The molecule has 0 spiro atoms. The van der Waals surface area contributed by atoms with Crippen LogP contribution in [-0.2, 0) is 0 Å². The SMILES string of the molecule is COc1ccc(OC)c(C(=O)C2CCCCC2c2ccc(OC)c(O)c2)c1. The molecule has 1 N–H and O–H groups in total. The third kappa shape index (κ3) is 3.87. The Bertz CT molecular complexity index is 814. The summed E-state index contributed by atoms with van der Waals surface area (Å²) in [5.74, 6) is 1.69. The first-order valence-electron chi connectivity index (χ1n) is 9.22. The third-order valence-electron chi connectivity index (χ3n) is 5.41. The maximum atomic E-state index is 13.4. The molecule has 0 amide bonds. The Balaban J connectivity index is 1.96. The van der Waals surface area contributed by atoms with Crippen molar-refractivity contribution in [2.45, 2.75) is 31.6 Å². The van der Waals surface area contributed by atoms with Crippen LogP contribution in [0.3, 0.4) is 0 Å². The van der Waals surface area contributed by atoms with Gasteiger partial charge < -0.3 is 19.3 Å². The third-order valence-corrected chi connectivity index (χ3v) is 5.41. The number of hydrogen-bond donors (Lipinski definition) is 1. The molecule has 0 bridgehead atoms. The van der Waals surface area contributed by atoms with E-state index in [4.69, 9.17) is 14.2 Å². The van der Waals surface area contributed by atoms with Crippen LogP contribution in [0.2, 0.25) is 0 Å². The molecule has 2 aromatic carbocycles. The van der Waals surface area contributed by atoms with Gasteiger partial charge in [-0.25, -0.2) is 0 Å². The summed E-state index contributed by atoms with van der Waals surface area (Å²) in [6, 6.07) is 10.7. The Morgan fingerprint density at radius 3 is 2.30 bits per heavy atom. The van der Waals surface area contributed by atoms with Gasteiger partial charge in [0.05, 0.1) is 26.9 Å². The zero-order chi connectivity index (χ0) is 19.4. The van der Waals surface area contributed by atoms with Gasteiger partial charge in [-0.15, -0.1) is 0 Å². The topological polar surface area (TPSA) is 65.0 Å². The van der Waals surface area contributed by atoms with Gasteiger partial charge in [-0.05, 0) is 54.7 Å². The number of benzene rings is 2. The van der Waals surface area contributed by atoms with Crippen molar-refractivity contribution in [1.82, 2.24) is 0 Å². The van der Waals surface area contributed by atoms with Crippen LogP contribution >= 0.6 is 0 Å². The zero-order valence-electron chi connectivity index (χ0n) is 16.0. The molecule has 0 radical (unpaired) electrons. The molecule has 1 saturated carbocycles. The summed E-state index contributed by atoms with van der Waals surface area (Å²) in [7, 11) is 4.68. The molecule has 0 saturated heterocycles. The highest BCUT2D eigenvalue weighted by Crippen LogP contribution is 2.43. The number of methoxy groups -OCH3 is 3. The van der Waals surface area contributed by atoms with Gasteiger partial charge in [0.2, 0.25) is 0 Å². The maximum Gasteiger partial charge on any atom is 0.170 e. The summed E-state index contributed by atoms with van der Waals surface area (Å²) < 4.78 is 15.8. The van der Waals surface area contributed by atoms with Crippen molar-refractivity contribution >= 4 is 5.78 Å². The summed E-state index contributed by atoms with van der Waals surface area (Å²) in [4.78, 5) is 13.4. The number of phenolic OH excluding ortho intramolecular Hbond substituents is 1. The number of Topliss-reactive ketones (excluding diaryl/α,β-unsaturated/α-hetero) is 1. The van der Waals surface area contributed by atoms with E-state index in [1.54, 1.807) is 44.6 Å². The fraction of sp³-hybridized carbons (Fsp3) is 0.409. The average Bonchev–Trinajstić information content (AvgIpc) is 2.72. The molecule has 5 heteroatoms. The number of aromatic hydroxyl groups is 1. The van der Waals surface area contributed by atoms with Crippen molar-refractivity contribution in [2.24, 2.45) is 5.92 Å². The largest absolute Gasteiger partial charge is 0.504 e. The van der Waals surface area contributed by atoms with E-state index in [1.165, 1.54) is 7.11 Å². The van der Waals surface area contributed by atoms with Crippen LogP contribution in [0.25, 0.3) is 0 Å². The van der Waals surface area contributed by atoms with Crippen molar-refractivity contribution in [1.29, 1.82) is 0 Å². The molecule has 0 aliphatic heterocycles. The van der Waals surface area contributed by atoms with E-state index >= 15 is 0 Å². The van der Waals surface area contributed by atoms with E-state index in [1.807, 2.05) is 6.07 Å². The van der Waals surface area contributed by atoms with E-state index in [2.05, 4.69) is 0 Å².